The molecule has 0 spiro atoms. The van der Waals surface area contributed by atoms with E-state index in [4.69, 9.17) is 0 Å². The molecule has 5 heteroatoms. The van der Waals surface area contributed by atoms with Crippen LogP contribution in [0.25, 0.3) is 0 Å². The Labute approximate surface area is 112 Å². The summed E-state index contributed by atoms with van der Waals surface area (Å²) in [5, 5.41) is 10.3. The Hall–Kier alpha value is -1.65. The number of likely N-dealkylation sites (tertiary alicyclic amines) is 1. The number of aliphatic carboxylic acids is 1. The van der Waals surface area contributed by atoms with Gasteiger partial charge in [0.25, 0.3) is 0 Å². The highest BCUT2D eigenvalue weighted by Gasteiger charge is 2.46. The molecule has 2 unspecified atom stereocenters. The van der Waals surface area contributed by atoms with Gasteiger partial charge >= 0.3 is 0 Å². The topological polar surface area (TPSA) is 77.5 Å². The third-order valence-electron chi connectivity index (χ3n) is 3.86. The number of imide groups is 1. The molecule has 2 aliphatic rings. The summed E-state index contributed by atoms with van der Waals surface area (Å²) >= 11 is 0. The molecule has 1 aliphatic heterocycles. The molecule has 2 amide bonds. The Bertz CT molecular complexity index is 390. The van der Waals surface area contributed by atoms with Crippen molar-refractivity contribution in [1.82, 2.24) is 4.90 Å². The fraction of sp³-hybridized carbons (Fsp3) is 0.643. The second-order valence-electron chi connectivity index (χ2n) is 5.17. The lowest BCUT2D eigenvalue weighted by Gasteiger charge is -2.14. The number of nitrogens with zero attached hydrogens (tertiary/aromatic N) is 1. The number of hydrogen-bond donors (Lipinski definition) is 0. The molecular formula is C14H18NO4-. The maximum absolute atomic E-state index is 12.1. The Morgan fingerprint density at radius 3 is 2.21 bits per heavy atom. The normalized spacial score (nSPS) is 25.8. The van der Waals surface area contributed by atoms with Crippen LogP contribution in [-0.4, -0.2) is 29.2 Å². The van der Waals surface area contributed by atoms with Crippen LogP contribution in [0.4, 0.5) is 0 Å². The lowest BCUT2D eigenvalue weighted by atomic mass is 9.85. The zero-order valence-electron chi connectivity index (χ0n) is 10.8. The minimum absolute atomic E-state index is 0.0388. The van der Waals surface area contributed by atoms with Crippen LogP contribution in [0.2, 0.25) is 0 Å². The quantitative estimate of drug-likeness (QED) is 0.391. The van der Waals surface area contributed by atoms with Crippen molar-refractivity contribution >= 4 is 17.8 Å². The fourth-order valence-corrected chi connectivity index (χ4v) is 2.81. The summed E-state index contributed by atoms with van der Waals surface area (Å²) < 4.78 is 0. The first-order chi connectivity index (χ1) is 9.11. The zero-order chi connectivity index (χ0) is 13.8. The van der Waals surface area contributed by atoms with E-state index in [1.54, 1.807) is 0 Å². The van der Waals surface area contributed by atoms with Crippen molar-refractivity contribution in [3.8, 4) is 0 Å². The fourth-order valence-electron chi connectivity index (χ4n) is 2.81. The first-order valence-corrected chi connectivity index (χ1v) is 6.81. The zero-order valence-corrected chi connectivity index (χ0v) is 10.8. The molecule has 1 aliphatic carbocycles. The number of unbranched alkanes of at least 4 members (excludes halogenated alkanes) is 2. The van der Waals surface area contributed by atoms with Gasteiger partial charge in [-0.1, -0.05) is 18.6 Å². The summed E-state index contributed by atoms with van der Waals surface area (Å²) in [6, 6.07) is 0. The summed E-state index contributed by atoms with van der Waals surface area (Å²) in [6.07, 6.45) is 7.19. The molecule has 1 fully saturated rings. The second kappa shape index (κ2) is 5.99. The molecule has 19 heavy (non-hydrogen) atoms. The molecule has 0 aromatic carbocycles. The van der Waals surface area contributed by atoms with Gasteiger partial charge in [-0.15, -0.1) is 0 Å². The van der Waals surface area contributed by atoms with Gasteiger partial charge in [-0.05, 0) is 32.1 Å². The van der Waals surface area contributed by atoms with Crippen LogP contribution < -0.4 is 5.11 Å². The number of hydrogen-bond acceptors (Lipinski definition) is 4. The van der Waals surface area contributed by atoms with Gasteiger partial charge < -0.3 is 9.90 Å². The highest BCUT2D eigenvalue weighted by atomic mass is 16.4. The summed E-state index contributed by atoms with van der Waals surface area (Å²) in [6.45, 7) is 0.414. The van der Waals surface area contributed by atoms with Crippen LogP contribution in [0, 0.1) is 11.8 Å². The van der Waals surface area contributed by atoms with Gasteiger partial charge in [0, 0.05) is 12.5 Å². The smallest absolute Gasteiger partial charge is 0.233 e. The number of allylic oxidation sites excluding steroid dienone is 2. The number of carbonyl (C=O) groups excluding carboxylic acids is 3. The average molecular weight is 264 g/mol. The highest BCUT2D eigenvalue weighted by molar-refractivity contribution is 6.05. The highest BCUT2D eigenvalue weighted by Crippen LogP contribution is 2.35. The minimum atomic E-state index is -1.05. The first-order valence-electron chi connectivity index (χ1n) is 6.81. The van der Waals surface area contributed by atoms with Gasteiger partial charge in [-0.3, -0.25) is 14.5 Å². The lowest BCUT2D eigenvalue weighted by Crippen LogP contribution is -2.32. The Balaban J connectivity index is 1.80. The van der Waals surface area contributed by atoms with Crippen molar-refractivity contribution in [2.75, 3.05) is 6.54 Å². The van der Waals surface area contributed by atoms with Crippen LogP contribution in [-0.2, 0) is 14.4 Å². The Morgan fingerprint density at radius 1 is 1.11 bits per heavy atom. The van der Waals surface area contributed by atoms with E-state index >= 15 is 0 Å². The van der Waals surface area contributed by atoms with E-state index in [9.17, 15) is 19.5 Å². The predicted octanol–water partition coefficient (Wildman–Crippen LogP) is 0.248. The number of fused-ring (bicyclic) bond motifs is 1. The van der Waals surface area contributed by atoms with Crippen LogP contribution in [0.1, 0.15) is 38.5 Å². The van der Waals surface area contributed by atoms with E-state index in [-0.39, 0.29) is 30.1 Å². The summed E-state index contributed by atoms with van der Waals surface area (Å²) in [5.74, 6) is -1.50. The monoisotopic (exact) mass is 264 g/mol. The van der Waals surface area contributed by atoms with Gasteiger partial charge in [-0.2, -0.15) is 0 Å². The summed E-state index contributed by atoms with van der Waals surface area (Å²) in [7, 11) is 0. The third kappa shape index (κ3) is 3.03. The molecule has 0 bridgehead atoms. The lowest BCUT2D eigenvalue weighted by molar-refractivity contribution is -0.305. The van der Waals surface area contributed by atoms with Crippen molar-refractivity contribution in [1.29, 1.82) is 0 Å². The number of carboxylic acid groups (broad SMARTS) is 1. The van der Waals surface area contributed by atoms with Gasteiger partial charge in [0.2, 0.25) is 11.8 Å². The van der Waals surface area contributed by atoms with Gasteiger partial charge in [0.15, 0.2) is 0 Å². The molecule has 2 rings (SSSR count). The van der Waals surface area contributed by atoms with E-state index in [0.29, 0.717) is 38.6 Å². The maximum atomic E-state index is 12.1. The molecule has 0 saturated carbocycles. The first kappa shape index (κ1) is 13.8. The average Bonchev–Trinajstić information content (AvgIpc) is 2.63. The molecule has 0 aromatic rings. The van der Waals surface area contributed by atoms with Crippen LogP contribution in [0.15, 0.2) is 12.2 Å². The van der Waals surface area contributed by atoms with Crippen molar-refractivity contribution in [2.24, 2.45) is 11.8 Å². The number of carbonyl (C=O) groups is 3. The van der Waals surface area contributed by atoms with E-state index in [1.165, 1.54) is 4.90 Å². The predicted molar refractivity (Wildman–Crippen MR) is 65.5 cm³/mol. The van der Waals surface area contributed by atoms with Crippen LogP contribution >= 0.6 is 0 Å². The van der Waals surface area contributed by atoms with E-state index in [0.717, 1.165) is 0 Å². The SMILES string of the molecule is O=C([O-])CCCCCN1C(=O)C2CC=CCC2C1=O. The Morgan fingerprint density at radius 2 is 1.68 bits per heavy atom. The molecular weight excluding hydrogens is 246 g/mol. The number of carboxylic acids is 1. The standard InChI is InChI=1S/C14H19NO4/c16-12(17)8-2-1-5-9-15-13(18)10-6-3-4-7-11(10)14(15)19/h3-4,10-11H,1-2,5-9H2,(H,16,17)/p-1. The van der Waals surface area contributed by atoms with E-state index in [1.807, 2.05) is 12.2 Å². The second-order valence-corrected chi connectivity index (χ2v) is 5.17. The van der Waals surface area contributed by atoms with Gasteiger partial charge in [0.1, 0.15) is 0 Å². The summed E-state index contributed by atoms with van der Waals surface area (Å²) in [4.78, 5) is 35.8. The molecule has 5 nitrogen and oxygen atoms in total. The van der Waals surface area contributed by atoms with Crippen molar-refractivity contribution in [3.63, 3.8) is 0 Å². The molecule has 2 atom stereocenters. The summed E-state index contributed by atoms with van der Waals surface area (Å²) in [5.41, 5.74) is 0. The largest absolute Gasteiger partial charge is 0.550 e. The molecule has 0 N–H and O–H groups in total. The molecule has 0 aromatic heterocycles. The molecule has 1 heterocycles. The van der Waals surface area contributed by atoms with Crippen LogP contribution in [0.5, 0.6) is 0 Å². The van der Waals surface area contributed by atoms with E-state index in [2.05, 4.69) is 0 Å². The molecule has 0 radical (unpaired) electrons. The molecule has 1 saturated heterocycles. The maximum Gasteiger partial charge on any atom is 0.233 e. The van der Waals surface area contributed by atoms with Crippen molar-refractivity contribution in [2.45, 2.75) is 38.5 Å². The van der Waals surface area contributed by atoms with Crippen molar-refractivity contribution in [3.05, 3.63) is 12.2 Å². The van der Waals surface area contributed by atoms with Crippen LogP contribution in [0.3, 0.4) is 0 Å². The third-order valence-corrected chi connectivity index (χ3v) is 3.86. The Kier molecular flexibility index (Phi) is 4.35. The number of rotatable bonds is 6. The van der Waals surface area contributed by atoms with E-state index < -0.39 is 5.97 Å². The number of amides is 2. The minimum Gasteiger partial charge on any atom is -0.550 e. The van der Waals surface area contributed by atoms with Crippen molar-refractivity contribution < 1.29 is 19.5 Å². The molecule has 104 valence electrons. The van der Waals surface area contributed by atoms with Gasteiger partial charge in [0.05, 0.1) is 11.8 Å². The van der Waals surface area contributed by atoms with Gasteiger partial charge in [-0.25, -0.2) is 0 Å².